The van der Waals surface area contributed by atoms with Crippen LogP contribution in [0.5, 0.6) is 0 Å². The predicted molar refractivity (Wildman–Crippen MR) is 56.7 cm³/mol. The first-order valence-electron chi connectivity index (χ1n) is 4.88. The van der Waals surface area contributed by atoms with Gasteiger partial charge < -0.3 is 14.7 Å². The number of nitrogens with one attached hydrogen (secondary N) is 1. The van der Waals surface area contributed by atoms with Crippen LogP contribution >= 0.6 is 0 Å². The van der Waals surface area contributed by atoms with E-state index in [0.717, 1.165) is 6.54 Å². The highest BCUT2D eigenvalue weighted by Gasteiger charge is 2.21. The van der Waals surface area contributed by atoms with Gasteiger partial charge in [-0.1, -0.05) is 0 Å². The number of hydrogen-bond acceptors (Lipinski definition) is 5. The molecule has 0 aromatic carbocycles. The predicted octanol–water partition coefficient (Wildman–Crippen LogP) is -1.68. The Balaban J connectivity index is 2.36. The van der Waals surface area contributed by atoms with Crippen LogP contribution in [0.1, 0.15) is 0 Å². The summed E-state index contributed by atoms with van der Waals surface area (Å²) in [5.74, 6) is -2.27. The smallest absolute Gasteiger partial charge is 0.320 e. The molecule has 1 fully saturated rings. The van der Waals surface area contributed by atoms with Gasteiger partial charge in [0.25, 0.3) is 0 Å². The first-order valence-corrected chi connectivity index (χ1v) is 6.53. The maximum Gasteiger partial charge on any atom is 0.320 e. The lowest BCUT2D eigenvalue weighted by molar-refractivity contribution is -0.134. The Labute approximate surface area is 94.4 Å². The molecule has 0 aliphatic carbocycles. The molecule has 0 amide bonds. The minimum Gasteiger partial charge on any atom is -0.480 e. The molecular weight excluding hydrogens is 236 g/mol. The van der Waals surface area contributed by atoms with Gasteiger partial charge in [-0.2, -0.15) is 0 Å². The van der Waals surface area contributed by atoms with Gasteiger partial charge in [0.2, 0.25) is 10.0 Å². The van der Waals surface area contributed by atoms with Gasteiger partial charge in [-0.05, 0) is 7.05 Å². The SMILES string of the molecule is CN1CCOC(CNS(=O)(=O)CC(=O)O)C1. The zero-order valence-electron chi connectivity index (χ0n) is 9.05. The highest BCUT2D eigenvalue weighted by Crippen LogP contribution is 2.02. The maximum absolute atomic E-state index is 11.2. The Morgan fingerprint density at radius 2 is 2.31 bits per heavy atom. The van der Waals surface area contributed by atoms with Gasteiger partial charge in [-0.3, -0.25) is 4.79 Å². The number of ether oxygens (including phenoxy) is 1. The molecule has 2 N–H and O–H groups in total. The van der Waals surface area contributed by atoms with Crippen molar-refractivity contribution in [1.29, 1.82) is 0 Å². The van der Waals surface area contributed by atoms with E-state index in [1.165, 1.54) is 0 Å². The van der Waals surface area contributed by atoms with Gasteiger partial charge in [-0.25, -0.2) is 13.1 Å². The Hall–Kier alpha value is -0.700. The number of likely N-dealkylation sites (N-methyl/N-ethyl adjacent to an activating group) is 1. The van der Waals surface area contributed by atoms with Crippen LogP contribution in [-0.2, 0) is 19.6 Å². The number of morpholine rings is 1. The number of nitrogens with zero attached hydrogens (tertiary/aromatic N) is 1. The Morgan fingerprint density at radius 1 is 1.62 bits per heavy atom. The summed E-state index contributed by atoms with van der Waals surface area (Å²) in [5.41, 5.74) is 0. The number of rotatable bonds is 5. The van der Waals surface area contributed by atoms with Gasteiger partial charge >= 0.3 is 5.97 Å². The standard InChI is InChI=1S/C8H16N2O5S/c1-10-2-3-15-7(5-10)4-9-16(13,14)6-8(11)12/h7,9H,2-6H2,1H3,(H,11,12). The van der Waals surface area contributed by atoms with Crippen molar-refractivity contribution in [3.05, 3.63) is 0 Å². The summed E-state index contributed by atoms with van der Waals surface area (Å²) in [5, 5.41) is 8.37. The fourth-order valence-corrected chi connectivity index (χ4v) is 2.29. The molecule has 94 valence electrons. The van der Waals surface area contributed by atoms with Crippen LogP contribution in [-0.4, -0.2) is 69.5 Å². The van der Waals surface area contributed by atoms with Crippen LogP contribution in [0.2, 0.25) is 0 Å². The molecule has 1 aliphatic heterocycles. The molecule has 0 bridgehead atoms. The summed E-state index contributed by atoms with van der Waals surface area (Å²) in [7, 11) is -1.83. The summed E-state index contributed by atoms with van der Waals surface area (Å²) in [6.07, 6.45) is -0.220. The third-order valence-corrected chi connectivity index (χ3v) is 3.42. The van der Waals surface area contributed by atoms with E-state index in [9.17, 15) is 13.2 Å². The number of sulfonamides is 1. The van der Waals surface area contributed by atoms with Crippen LogP contribution < -0.4 is 4.72 Å². The third-order valence-electron chi connectivity index (χ3n) is 2.19. The zero-order valence-corrected chi connectivity index (χ0v) is 9.87. The molecule has 8 heteroatoms. The third kappa shape index (κ3) is 4.88. The van der Waals surface area contributed by atoms with Gasteiger partial charge in [0.05, 0.1) is 12.7 Å². The molecule has 0 spiro atoms. The lowest BCUT2D eigenvalue weighted by Crippen LogP contribution is -2.46. The number of carboxylic acids is 1. The molecular formula is C8H16N2O5S. The minimum absolute atomic E-state index is 0.111. The van der Waals surface area contributed by atoms with Gasteiger partial charge in [0.1, 0.15) is 0 Å². The molecule has 1 unspecified atom stereocenters. The van der Waals surface area contributed by atoms with Crippen LogP contribution in [0, 0.1) is 0 Å². The summed E-state index contributed by atoms with van der Waals surface area (Å²) in [6, 6.07) is 0. The average Bonchev–Trinajstić information content (AvgIpc) is 2.13. The number of aliphatic carboxylic acids is 1. The van der Waals surface area contributed by atoms with Crippen LogP contribution in [0.3, 0.4) is 0 Å². The van der Waals surface area contributed by atoms with E-state index in [0.29, 0.717) is 13.2 Å². The second kappa shape index (κ2) is 5.58. The summed E-state index contributed by atoms with van der Waals surface area (Å²) < 4.78 is 30.0. The minimum atomic E-state index is -3.75. The molecule has 0 aromatic heterocycles. The van der Waals surface area contributed by atoms with Crippen molar-refractivity contribution in [3.8, 4) is 0 Å². The second-order valence-electron chi connectivity index (χ2n) is 3.76. The Kier molecular flexibility index (Phi) is 4.66. The van der Waals surface area contributed by atoms with Gasteiger partial charge in [0.15, 0.2) is 5.75 Å². The summed E-state index contributed by atoms with van der Waals surface area (Å²) in [6.45, 7) is 2.12. The Morgan fingerprint density at radius 3 is 2.88 bits per heavy atom. The van der Waals surface area contributed by atoms with Crippen molar-refractivity contribution in [1.82, 2.24) is 9.62 Å². The van der Waals surface area contributed by atoms with E-state index >= 15 is 0 Å². The van der Waals surface area contributed by atoms with Crippen molar-refractivity contribution >= 4 is 16.0 Å². The first kappa shape index (κ1) is 13.4. The van der Waals surface area contributed by atoms with Crippen molar-refractivity contribution in [2.45, 2.75) is 6.10 Å². The van der Waals surface area contributed by atoms with Crippen LogP contribution in [0.15, 0.2) is 0 Å². The number of hydrogen-bond donors (Lipinski definition) is 2. The second-order valence-corrected chi connectivity index (χ2v) is 5.56. The summed E-state index contributed by atoms with van der Waals surface area (Å²) in [4.78, 5) is 12.3. The molecule has 0 aromatic rings. The topological polar surface area (TPSA) is 95.9 Å². The fourth-order valence-electron chi connectivity index (χ4n) is 1.42. The van der Waals surface area contributed by atoms with Crippen LogP contribution in [0.25, 0.3) is 0 Å². The monoisotopic (exact) mass is 252 g/mol. The molecule has 0 radical (unpaired) electrons. The molecule has 1 saturated heterocycles. The lowest BCUT2D eigenvalue weighted by Gasteiger charge is -2.29. The lowest BCUT2D eigenvalue weighted by atomic mass is 10.3. The van der Waals surface area contributed by atoms with E-state index in [1.54, 1.807) is 0 Å². The Bertz CT molecular complexity index is 342. The highest BCUT2D eigenvalue weighted by molar-refractivity contribution is 7.90. The van der Waals surface area contributed by atoms with Crippen molar-refractivity contribution in [2.24, 2.45) is 0 Å². The first-order chi connectivity index (χ1) is 7.39. The fraction of sp³-hybridized carbons (Fsp3) is 0.875. The molecule has 1 heterocycles. The normalized spacial score (nSPS) is 23.2. The van der Waals surface area contributed by atoms with E-state index < -0.39 is 21.7 Å². The molecule has 0 saturated carbocycles. The average molecular weight is 252 g/mol. The van der Waals surface area contributed by atoms with Gasteiger partial charge in [-0.15, -0.1) is 0 Å². The molecule has 1 rings (SSSR count). The maximum atomic E-state index is 11.2. The van der Waals surface area contributed by atoms with Crippen molar-refractivity contribution in [2.75, 3.05) is 39.0 Å². The number of carboxylic acid groups (broad SMARTS) is 1. The summed E-state index contributed by atoms with van der Waals surface area (Å²) >= 11 is 0. The highest BCUT2D eigenvalue weighted by atomic mass is 32.2. The van der Waals surface area contributed by atoms with E-state index in [1.807, 2.05) is 11.9 Å². The largest absolute Gasteiger partial charge is 0.480 e. The van der Waals surface area contributed by atoms with E-state index in [-0.39, 0.29) is 12.6 Å². The number of carbonyl (C=O) groups is 1. The molecule has 16 heavy (non-hydrogen) atoms. The molecule has 1 aliphatic rings. The molecule has 1 atom stereocenters. The van der Waals surface area contributed by atoms with E-state index in [4.69, 9.17) is 9.84 Å². The zero-order chi connectivity index (χ0) is 12.2. The van der Waals surface area contributed by atoms with Crippen molar-refractivity contribution in [3.63, 3.8) is 0 Å². The van der Waals surface area contributed by atoms with Gasteiger partial charge in [0, 0.05) is 19.6 Å². The van der Waals surface area contributed by atoms with E-state index in [2.05, 4.69) is 4.72 Å². The molecule has 7 nitrogen and oxygen atoms in total. The quantitative estimate of drug-likeness (QED) is 0.607. The van der Waals surface area contributed by atoms with Crippen LogP contribution in [0.4, 0.5) is 0 Å². The van der Waals surface area contributed by atoms with Crippen molar-refractivity contribution < 1.29 is 23.1 Å².